The molecule has 1 amide bonds. The Bertz CT molecular complexity index is 249. The molecule has 0 radical (unpaired) electrons. The van der Waals surface area contributed by atoms with Gasteiger partial charge in [0.05, 0.1) is 0 Å². The van der Waals surface area contributed by atoms with E-state index in [1.807, 2.05) is 0 Å². The predicted molar refractivity (Wildman–Crippen MR) is 69.8 cm³/mol. The highest BCUT2D eigenvalue weighted by Crippen LogP contribution is 2.23. The first-order valence-electron chi connectivity index (χ1n) is 7.27. The summed E-state index contributed by atoms with van der Waals surface area (Å²) in [5.74, 6) is 1.28. The van der Waals surface area contributed by atoms with Crippen molar-refractivity contribution in [1.29, 1.82) is 0 Å². The van der Waals surface area contributed by atoms with Crippen LogP contribution in [0.2, 0.25) is 0 Å². The van der Waals surface area contributed by atoms with Gasteiger partial charge in [0, 0.05) is 18.5 Å². The minimum absolute atomic E-state index is 0.245. The van der Waals surface area contributed by atoms with Crippen molar-refractivity contribution in [2.24, 2.45) is 11.8 Å². The largest absolute Gasteiger partial charge is 0.356 e. The number of hydrogen-bond acceptors (Lipinski definition) is 2. The van der Waals surface area contributed by atoms with E-state index in [9.17, 15) is 4.79 Å². The molecular formula is C14H26N2O. The molecule has 0 spiro atoms. The third kappa shape index (κ3) is 3.98. The van der Waals surface area contributed by atoms with E-state index >= 15 is 0 Å². The molecule has 3 heteroatoms. The molecule has 17 heavy (non-hydrogen) atoms. The van der Waals surface area contributed by atoms with Crippen LogP contribution >= 0.6 is 0 Å². The minimum Gasteiger partial charge on any atom is -0.356 e. The Kier molecular flexibility index (Phi) is 4.84. The molecule has 98 valence electrons. The van der Waals surface area contributed by atoms with Gasteiger partial charge in [-0.25, -0.2) is 0 Å². The lowest BCUT2D eigenvalue weighted by Gasteiger charge is -2.28. The quantitative estimate of drug-likeness (QED) is 0.790. The molecule has 2 N–H and O–H groups in total. The molecule has 2 aliphatic rings. The van der Waals surface area contributed by atoms with Crippen LogP contribution in [0.3, 0.4) is 0 Å². The van der Waals surface area contributed by atoms with Gasteiger partial charge in [-0.3, -0.25) is 4.79 Å². The smallest absolute Gasteiger partial charge is 0.223 e. The summed E-state index contributed by atoms with van der Waals surface area (Å²) in [4.78, 5) is 12.0. The third-order valence-corrected chi connectivity index (χ3v) is 4.28. The maximum Gasteiger partial charge on any atom is 0.223 e. The third-order valence-electron chi connectivity index (χ3n) is 4.28. The normalized spacial score (nSPS) is 31.1. The molecule has 0 aromatic heterocycles. The Morgan fingerprint density at radius 3 is 2.71 bits per heavy atom. The van der Waals surface area contributed by atoms with Gasteiger partial charge in [-0.05, 0) is 45.1 Å². The number of carbonyl (C=O) groups excluding carboxylic acids is 1. The lowest BCUT2D eigenvalue weighted by molar-refractivity contribution is -0.126. The standard InChI is InChI=1S/C14H26N2O/c1-11-9-13(7-8-15-11)14(17)16-10-12-5-3-2-4-6-12/h11-13,15H,2-10H2,1H3,(H,16,17). The van der Waals surface area contributed by atoms with Crippen molar-refractivity contribution in [2.75, 3.05) is 13.1 Å². The van der Waals surface area contributed by atoms with Gasteiger partial charge in [-0.1, -0.05) is 19.3 Å². The molecule has 2 atom stereocenters. The van der Waals surface area contributed by atoms with Crippen molar-refractivity contribution < 1.29 is 4.79 Å². The topological polar surface area (TPSA) is 41.1 Å². The summed E-state index contributed by atoms with van der Waals surface area (Å²) in [7, 11) is 0. The fraction of sp³-hybridized carbons (Fsp3) is 0.929. The van der Waals surface area contributed by atoms with E-state index in [-0.39, 0.29) is 5.92 Å². The van der Waals surface area contributed by atoms with Crippen molar-refractivity contribution >= 4 is 5.91 Å². The Morgan fingerprint density at radius 1 is 1.24 bits per heavy atom. The highest BCUT2D eigenvalue weighted by molar-refractivity contribution is 5.78. The van der Waals surface area contributed by atoms with Crippen molar-refractivity contribution in [3.8, 4) is 0 Å². The van der Waals surface area contributed by atoms with Gasteiger partial charge in [0.15, 0.2) is 0 Å². The monoisotopic (exact) mass is 238 g/mol. The Balaban J connectivity index is 1.69. The molecule has 0 aromatic rings. The number of hydrogen-bond donors (Lipinski definition) is 2. The van der Waals surface area contributed by atoms with Crippen LogP contribution in [0.1, 0.15) is 51.9 Å². The van der Waals surface area contributed by atoms with Gasteiger partial charge < -0.3 is 10.6 Å². The molecule has 2 rings (SSSR count). The van der Waals surface area contributed by atoms with Crippen LogP contribution in [-0.2, 0) is 4.79 Å². The van der Waals surface area contributed by atoms with Gasteiger partial charge in [0.25, 0.3) is 0 Å². The first kappa shape index (κ1) is 12.9. The van der Waals surface area contributed by atoms with Crippen molar-refractivity contribution in [2.45, 2.75) is 57.9 Å². The minimum atomic E-state index is 0.245. The summed E-state index contributed by atoms with van der Waals surface area (Å²) in [6.45, 7) is 4.07. The van der Waals surface area contributed by atoms with Crippen molar-refractivity contribution in [1.82, 2.24) is 10.6 Å². The SMILES string of the molecule is CC1CC(C(=O)NCC2CCCCC2)CCN1. The van der Waals surface area contributed by atoms with E-state index in [4.69, 9.17) is 0 Å². The van der Waals surface area contributed by atoms with Gasteiger partial charge >= 0.3 is 0 Å². The summed E-state index contributed by atoms with van der Waals surface area (Å²) < 4.78 is 0. The summed E-state index contributed by atoms with van der Waals surface area (Å²) in [5.41, 5.74) is 0. The highest BCUT2D eigenvalue weighted by Gasteiger charge is 2.25. The van der Waals surface area contributed by atoms with Crippen LogP contribution in [0.4, 0.5) is 0 Å². The molecule has 1 aliphatic carbocycles. The lowest BCUT2D eigenvalue weighted by Crippen LogP contribution is -2.43. The maximum atomic E-state index is 12.0. The van der Waals surface area contributed by atoms with Gasteiger partial charge in [0.1, 0.15) is 0 Å². The summed E-state index contributed by atoms with van der Waals surface area (Å²) in [6, 6.07) is 0.495. The van der Waals surface area contributed by atoms with Gasteiger partial charge in [0.2, 0.25) is 5.91 Å². The number of rotatable bonds is 3. The summed E-state index contributed by atoms with van der Waals surface area (Å²) in [5, 5.41) is 6.57. The molecule has 0 aromatic carbocycles. The fourth-order valence-electron chi connectivity index (χ4n) is 3.15. The van der Waals surface area contributed by atoms with Gasteiger partial charge in [-0.2, -0.15) is 0 Å². The molecule has 2 fully saturated rings. The molecule has 1 saturated heterocycles. The molecule has 1 saturated carbocycles. The zero-order chi connectivity index (χ0) is 12.1. The zero-order valence-electron chi connectivity index (χ0n) is 11.0. The van der Waals surface area contributed by atoms with Crippen LogP contribution in [0.25, 0.3) is 0 Å². The molecule has 1 heterocycles. The molecule has 0 bridgehead atoms. The molecule has 1 aliphatic heterocycles. The first-order valence-corrected chi connectivity index (χ1v) is 7.27. The average molecular weight is 238 g/mol. The van der Waals surface area contributed by atoms with E-state index in [0.717, 1.165) is 31.8 Å². The van der Waals surface area contributed by atoms with Crippen molar-refractivity contribution in [3.63, 3.8) is 0 Å². The highest BCUT2D eigenvalue weighted by atomic mass is 16.1. The summed E-state index contributed by atoms with van der Waals surface area (Å²) in [6.07, 6.45) is 8.70. The van der Waals surface area contributed by atoms with E-state index < -0.39 is 0 Å². The lowest BCUT2D eigenvalue weighted by atomic mass is 9.88. The number of carbonyl (C=O) groups is 1. The fourth-order valence-corrected chi connectivity index (χ4v) is 3.15. The second-order valence-electron chi connectivity index (χ2n) is 5.83. The van der Waals surface area contributed by atoms with Crippen LogP contribution in [0, 0.1) is 11.8 Å². The van der Waals surface area contributed by atoms with Crippen LogP contribution in [0.15, 0.2) is 0 Å². The summed E-state index contributed by atoms with van der Waals surface area (Å²) >= 11 is 0. The van der Waals surface area contributed by atoms with Crippen LogP contribution < -0.4 is 10.6 Å². The van der Waals surface area contributed by atoms with Crippen LogP contribution in [-0.4, -0.2) is 25.0 Å². The number of nitrogens with one attached hydrogen (secondary N) is 2. The second-order valence-corrected chi connectivity index (χ2v) is 5.83. The molecular weight excluding hydrogens is 212 g/mol. The first-order chi connectivity index (χ1) is 8.25. The number of amides is 1. The average Bonchev–Trinajstić information content (AvgIpc) is 2.37. The van der Waals surface area contributed by atoms with Gasteiger partial charge in [-0.15, -0.1) is 0 Å². The molecule has 3 nitrogen and oxygen atoms in total. The Hall–Kier alpha value is -0.570. The van der Waals surface area contributed by atoms with Crippen molar-refractivity contribution in [3.05, 3.63) is 0 Å². The maximum absolute atomic E-state index is 12.0. The van der Waals surface area contributed by atoms with E-state index in [1.165, 1.54) is 32.1 Å². The zero-order valence-corrected chi connectivity index (χ0v) is 11.0. The van der Waals surface area contributed by atoms with E-state index in [0.29, 0.717) is 11.9 Å². The number of piperidine rings is 1. The molecule has 2 unspecified atom stereocenters. The van der Waals surface area contributed by atoms with Crippen LogP contribution in [0.5, 0.6) is 0 Å². The second kappa shape index (κ2) is 6.39. The van der Waals surface area contributed by atoms with E-state index in [2.05, 4.69) is 17.6 Å². The Morgan fingerprint density at radius 2 is 2.00 bits per heavy atom. The Labute approximate surface area is 105 Å². The van der Waals surface area contributed by atoms with E-state index in [1.54, 1.807) is 0 Å². The predicted octanol–water partition coefficient (Wildman–Crippen LogP) is 2.07.